The number of rotatable bonds is 5. The molecule has 1 rings (SSSR count). The molecule has 0 aliphatic heterocycles. The van der Waals surface area contributed by atoms with Crippen LogP contribution in [0.5, 0.6) is 0 Å². The van der Waals surface area contributed by atoms with E-state index in [9.17, 15) is 9.00 Å². The van der Waals surface area contributed by atoms with E-state index in [4.69, 9.17) is 0 Å². The largest absolute Gasteiger partial charge is 0.335 e. The number of hydrogen-bond donors (Lipinski definition) is 2. The fourth-order valence-corrected chi connectivity index (χ4v) is 3.27. The first-order valence-corrected chi connectivity index (χ1v) is 9.08. The summed E-state index contributed by atoms with van der Waals surface area (Å²) in [6.45, 7) is 8.58. The molecule has 0 aliphatic rings. The Labute approximate surface area is 127 Å². The lowest BCUT2D eigenvalue weighted by Crippen LogP contribution is -2.42. The van der Waals surface area contributed by atoms with Crippen molar-refractivity contribution in [2.45, 2.75) is 45.7 Å². The summed E-state index contributed by atoms with van der Waals surface area (Å²) in [6.07, 6.45) is 1.62. The van der Waals surface area contributed by atoms with E-state index >= 15 is 0 Å². The van der Waals surface area contributed by atoms with Crippen molar-refractivity contribution in [1.82, 2.24) is 15.6 Å². The lowest BCUT2D eigenvalue weighted by atomic mass is 9.98. The summed E-state index contributed by atoms with van der Waals surface area (Å²) in [5.41, 5.74) is 0.895. The van der Waals surface area contributed by atoms with Crippen molar-refractivity contribution >= 4 is 28.2 Å². The number of carbonyl (C=O) groups is 1. The van der Waals surface area contributed by atoms with E-state index in [1.54, 1.807) is 17.6 Å². The van der Waals surface area contributed by atoms with E-state index in [0.29, 0.717) is 12.3 Å². The van der Waals surface area contributed by atoms with Gasteiger partial charge in [-0.05, 0) is 6.92 Å². The number of aromatic nitrogens is 1. The topological polar surface area (TPSA) is 71.1 Å². The Morgan fingerprint density at radius 3 is 2.65 bits per heavy atom. The van der Waals surface area contributed by atoms with Crippen LogP contribution in [0.1, 0.15) is 38.4 Å². The molecule has 0 unspecified atom stereocenters. The minimum Gasteiger partial charge on any atom is -0.335 e. The molecule has 0 saturated carbocycles. The van der Waals surface area contributed by atoms with Gasteiger partial charge in [0, 0.05) is 39.6 Å². The minimum absolute atomic E-state index is 0.0326. The molecule has 2 N–H and O–H groups in total. The summed E-state index contributed by atoms with van der Waals surface area (Å²) in [5.74, 6) is 0.457. The molecule has 1 aromatic heterocycles. The molecule has 2 amide bonds. The fourth-order valence-electron chi connectivity index (χ4n) is 1.57. The number of amides is 2. The molecule has 0 saturated heterocycles. The first kappa shape index (κ1) is 17.1. The van der Waals surface area contributed by atoms with E-state index in [-0.39, 0.29) is 17.5 Å². The molecule has 1 heterocycles. The second-order valence-electron chi connectivity index (χ2n) is 5.86. The Morgan fingerprint density at radius 1 is 1.50 bits per heavy atom. The highest BCUT2D eigenvalue weighted by Crippen LogP contribution is 2.25. The van der Waals surface area contributed by atoms with E-state index in [1.807, 2.05) is 12.3 Å². The van der Waals surface area contributed by atoms with Crippen molar-refractivity contribution in [3.05, 3.63) is 16.1 Å². The molecule has 0 aromatic carbocycles. The van der Waals surface area contributed by atoms with Crippen LogP contribution < -0.4 is 10.6 Å². The lowest BCUT2D eigenvalue weighted by molar-refractivity contribution is 0.238. The first-order valence-electron chi connectivity index (χ1n) is 6.47. The molecular formula is C13H23N3O2S2. The van der Waals surface area contributed by atoms with Crippen LogP contribution in [-0.2, 0) is 22.8 Å². The summed E-state index contributed by atoms with van der Waals surface area (Å²) < 4.78 is 11.0. The highest BCUT2D eigenvalue weighted by molar-refractivity contribution is 7.84. The van der Waals surface area contributed by atoms with Gasteiger partial charge in [0.05, 0.1) is 17.2 Å². The Bertz CT molecular complexity index is 480. The number of nitrogens with one attached hydrogen (secondary N) is 2. The lowest BCUT2D eigenvalue weighted by Gasteiger charge is -2.14. The van der Waals surface area contributed by atoms with Gasteiger partial charge in [0.15, 0.2) is 0 Å². The van der Waals surface area contributed by atoms with Crippen LogP contribution in [0.2, 0.25) is 0 Å². The van der Waals surface area contributed by atoms with Crippen LogP contribution in [0.25, 0.3) is 0 Å². The molecule has 5 nitrogen and oxygen atoms in total. The number of thiazole rings is 1. The maximum absolute atomic E-state index is 11.7. The van der Waals surface area contributed by atoms with Gasteiger partial charge >= 0.3 is 6.03 Å². The van der Waals surface area contributed by atoms with E-state index < -0.39 is 10.8 Å². The monoisotopic (exact) mass is 317 g/mol. The van der Waals surface area contributed by atoms with Gasteiger partial charge in [-0.3, -0.25) is 4.21 Å². The van der Waals surface area contributed by atoms with Crippen molar-refractivity contribution < 1.29 is 9.00 Å². The molecule has 0 bridgehead atoms. The zero-order valence-corrected chi connectivity index (χ0v) is 14.3. The highest BCUT2D eigenvalue weighted by atomic mass is 32.2. The molecule has 0 fully saturated rings. The fraction of sp³-hybridized carbons (Fsp3) is 0.692. The van der Waals surface area contributed by atoms with Crippen LogP contribution in [-0.4, -0.2) is 33.3 Å². The predicted octanol–water partition coefficient (Wildman–Crippen LogP) is 2.01. The molecule has 7 heteroatoms. The van der Waals surface area contributed by atoms with Crippen molar-refractivity contribution in [2.75, 3.05) is 12.0 Å². The van der Waals surface area contributed by atoms with Crippen LogP contribution in [0.4, 0.5) is 4.79 Å². The van der Waals surface area contributed by atoms with E-state index in [0.717, 1.165) is 10.7 Å². The summed E-state index contributed by atoms with van der Waals surface area (Å²) in [4.78, 5) is 16.2. The van der Waals surface area contributed by atoms with E-state index in [1.165, 1.54) is 0 Å². The molecule has 0 radical (unpaired) electrons. The summed E-state index contributed by atoms with van der Waals surface area (Å²) >= 11 is 1.61. The molecule has 2 atom stereocenters. The Balaban J connectivity index is 2.41. The number of nitrogens with zero attached hydrogens (tertiary/aromatic N) is 1. The summed E-state index contributed by atoms with van der Waals surface area (Å²) in [5, 5.41) is 8.54. The van der Waals surface area contributed by atoms with Crippen molar-refractivity contribution in [1.29, 1.82) is 0 Å². The van der Waals surface area contributed by atoms with Crippen LogP contribution in [0, 0.1) is 0 Å². The standard InChI is InChI=1S/C13H23N3O2S2/c1-9(8-20(5)18)15-12(17)14-6-10-7-19-11(16-10)13(2,3)4/h7,9H,6,8H2,1-5H3,(H2,14,15,17)/t9-,20-/m0/s1. The average molecular weight is 317 g/mol. The highest BCUT2D eigenvalue weighted by Gasteiger charge is 2.18. The average Bonchev–Trinajstić information content (AvgIpc) is 2.73. The van der Waals surface area contributed by atoms with Gasteiger partial charge in [-0.15, -0.1) is 11.3 Å². The Morgan fingerprint density at radius 2 is 2.15 bits per heavy atom. The second-order valence-corrected chi connectivity index (χ2v) is 8.20. The molecule has 114 valence electrons. The van der Waals surface area contributed by atoms with Gasteiger partial charge < -0.3 is 10.6 Å². The number of carbonyl (C=O) groups excluding carboxylic acids is 1. The zero-order valence-electron chi connectivity index (χ0n) is 12.6. The van der Waals surface area contributed by atoms with Crippen LogP contribution >= 0.6 is 11.3 Å². The Hall–Kier alpha value is -0.950. The van der Waals surface area contributed by atoms with Gasteiger partial charge in [-0.1, -0.05) is 20.8 Å². The molecule has 20 heavy (non-hydrogen) atoms. The van der Waals surface area contributed by atoms with Gasteiger partial charge in [-0.25, -0.2) is 9.78 Å². The van der Waals surface area contributed by atoms with Gasteiger partial charge in [0.1, 0.15) is 0 Å². The summed E-state index contributed by atoms with van der Waals surface area (Å²) in [6, 6.07) is -0.366. The molecular weight excluding hydrogens is 294 g/mol. The van der Waals surface area contributed by atoms with Gasteiger partial charge in [-0.2, -0.15) is 0 Å². The SMILES string of the molecule is C[C@@H](C[S@](C)=O)NC(=O)NCc1csc(C(C)(C)C)n1. The number of hydrogen-bond acceptors (Lipinski definition) is 4. The third-order valence-electron chi connectivity index (χ3n) is 2.49. The van der Waals surface area contributed by atoms with Crippen molar-refractivity contribution in [3.8, 4) is 0 Å². The molecule has 0 aliphatic carbocycles. The van der Waals surface area contributed by atoms with Crippen LogP contribution in [0.3, 0.4) is 0 Å². The number of urea groups is 1. The van der Waals surface area contributed by atoms with Crippen LogP contribution in [0.15, 0.2) is 5.38 Å². The molecule has 1 aromatic rings. The smallest absolute Gasteiger partial charge is 0.315 e. The zero-order chi connectivity index (χ0) is 15.3. The quantitative estimate of drug-likeness (QED) is 0.872. The minimum atomic E-state index is -0.912. The van der Waals surface area contributed by atoms with Crippen molar-refractivity contribution in [2.24, 2.45) is 0 Å². The first-order chi connectivity index (χ1) is 9.18. The third-order valence-corrected chi connectivity index (χ3v) is 4.77. The summed E-state index contributed by atoms with van der Waals surface area (Å²) in [7, 11) is -0.912. The van der Waals surface area contributed by atoms with Gasteiger partial charge in [0.2, 0.25) is 0 Å². The van der Waals surface area contributed by atoms with Crippen molar-refractivity contribution in [3.63, 3.8) is 0 Å². The predicted molar refractivity (Wildman–Crippen MR) is 84.6 cm³/mol. The molecule has 0 spiro atoms. The maximum Gasteiger partial charge on any atom is 0.315 e. The maximum atomic E-state index is 11.7. The van der Waals surface area contributed by atoms with E-state index in [2.05, 4.69) is 36.4 Å². The normalized spacial score (nSPS) is 14.7. The second kappa shape index (κ2) is 7.17. The third kappa shape index (κ3) is 6.00. The van der Waals surface area contributed by atoms with Gasteiger partial charge in [0.25, 0.3) is 0 Å². The Kier molecular flexibility index (Phi) is 6.13.